The highest BCUT2D eigenvalue weighted by Crippen LogP contribution is 2.21. The Morgan fingerprint density at radius 3 is 2.63 bits per heavy atom. The average molecular weight is 416 g/mol. The zero-order valence-electron chi connectivity index (χ0n) is 17.4. The second-order valence-corrected chi connectivity index (χ2v) is 6.98. The van der Waals surface area contributed by atoms with Crippen LogP contribution in [0.1, 0.15) is 23.0 Å². The summed E-state index contributed by atoms with van der Waals surface area (Å²) in [5.74, 6) is 1.39. The zero-order chi connectivity index (χ0) is 21.3. The Morgan fingerprint density at radius 2 is 1.93 bits per heavy atom. The molecule has 162 valence electrons. The lowest BCUT2D eigenvalue weighted by molar-refractivity contribution is -0.117. The minimum absolute atomic E-state index is 0.0656. The van der Waals surface area contributed by atoms with Crippen molar-refractivity contribution in [1.82, 2.24) is 15.0 Å². The van der Waals surface area contributed by atoms with Gasteiger partial charge >= 0.3 is 0 Å². The summed E-state index contributed by atoms with van der Waals surface area (Å²) in [5, 5.41) is 6.47. The molecular weight excluding hydrogens is 388 g/mol. The first-order chi connectivity index (χ1) is 14.6. The number of benzene rings is 1. The highest BCUT2D eigenvalue weighted by atomic mass is 16.5. The fourth-order valence-electron chi connectivity index (χ4n) is 3.21. The number of amides is 2. The summed E-state index contributed by atoms with van der Waals surface area (Å²) in [4.78, 5) is 29.0. The third kappa shape index (κ3) is 6.04. The van der Waals surface area contributed by atoms with Crippen LogP contribution in [0.3, 0.4) is 0 Å². The van der Waals surface area contributed by atoms with Crippen molar-refractivity contribution < 1.29 is 23.6 Å². The summed E-state index contributed by atoms with van der Waals surface area (Å²) in [6.07, 6.45) is 0. The number of hydrogen-bond acceptors (Lipinski definition) is 7. The molecule has 1 N–H and O–H groups in total. The Hall–Kier alpha value is -2.91. The molecule has 1 saturated heterocycles. The van der Waals surface area contributed by atoms with Gasteiger partial charge < -0.3 is 24.2 Å². The number of carbonyl (C=O) groups is 2. The monoisotopic (exact) mass is 416 g/mol. The molecule has 0 atom stereocenters. The summed E-state index contributed by atoms with van der Waals surface area (Å²) in [5.41, 5.74) is 0.543. The Kier molecular flexibility index (Phi) is 7.81. The van der Waals surface area contributed by atoms with Gasteiger partial charge in [0.15, 0.2) is 5.82 Å². The molecule has 9 nitrogen and oxygen atoms in total. The van der Waals surface area contributed by atoms with E-state index in [0.29, 0.717) is 68.9 Å². The molecule has 0 radical (unpaired) electrons. The van der Waals surface area contributed by atoms with E-state index in [-0.39, 0.29) is 18.4 Å². The van der Waals surface area contributed by atoms with Gasteiger partial charge in [0.2, 0.25) is 5.91 Å². The van der Waals surface area contributed by atoms with E-state index >= 15 is 0 Å². The Balaban J connectivity index is 1.48. The van der Waals surface area contributed by atoms with Crippen molar-refractivity contribution in [2.45, 2.75) is 13.8 Å². The number of nitrogens with zero attached hydrogens (tertiary/aromatic N) is 3. The second-order valence-electron chi connectivity index (χ2n) is 6.98. The zero-order valence-corrected chi connectivity index (χ0v) is 17.4. The maximum atomic E-state index is 13.0. The van der Waals surface area contributed by atoms with E-state index in [0.717, 1.165) is 0 Å². The van der Waals surface area contributed by atoms with Crippen molar-refractivity contribution in [2.24, 2.45) is 0 Å². The van der Waals surface area contributed by atoms with Crippen LogP contribution in [0, 0.1) is 6.92 Å². The van der Waals surface area contributed by atoms with Crippen molar-refractivity contribution >= 4 is 17.6 Å². The first-order valence-corrected chi connectivity index (χ1v) is 10.1. The number of para-hydroxylation sites is 1. The number of nitrogens with one attached hydrogen (secondary N) is 1. The Bertz CT molecular complexity index is 845. The molecule has 1 fully saturated rings. The lowest BCUT2D eigenvalue weighted by atomic mass is 10.1. The predicted molar refractivity (Wildman–Crippen MR) is 111 cm³/mol. The van der Waals surface area contributed by atoms with Crippen LogP contribution in [0.15, 0.2) is 34.9 Å². The number of aryl methyl sites for hydroxylation is 1. The highest BCUT2D eigenvalue weighted by Gasteiger charge is 2.25. The van der Waals surface area contributed by atoms with Gasteiger partial charge in [0, 0.05) is 38.9 Å². The summed E-state index contributed by atoms with van der Waals surface area (Å²) >= 11 is 0. The molecule has 0 spiro atoms. The predicted octanol–water partition coefficient (Wildman–Crippen LogP) is 1.79. The third-order valence-electron chi connectivity index (χ3n) is 4.73. The van der Waals surface area contributed by atoms with E-state index in [4.69, 9.17) is 14.0 Å². The first-order valence-electron chi connectivity index (χ1n) is 10.1. The maximum absolute atomic E-state index is 13.0. The molecule has 0 saturated carbocycles. The van der Waals surface area contributed by atoms with Crippen LogP contribution >= 0.6 is 0 Å². The summed E-state index contributed by atoms with van der Waals surface area (Å²) in [7, 11) is 0. The summed E-state index contributed by atoms with van der Waals surface area (Å²) in [6.45, 7) is 7.76. The van der Waals surface area contributed by atoms with Crippen molar-refractivity contribution in [1.29, 1.82) is 0 Å². The Labute approximate surface area is 175 Å². The van der Waals surface area contributed by atoms with Crippen LogP contribution in [0.25, 0.3) is 0 Å². The molecule has 1 aliphatic heterocycles. The molecule has 2 heterocycles. The van der Waals surface area contributed by atoms with Gasteiger partial charge in [0.1, 0.15) is 18.1 Å². The molecular formula is C21H28N4O5. The quantitative estimate of drug-likeness (QED) is 0.623. The number of carbonyl (C=O) groups excluding carboxylic acids is 2. The fourth-order valence-corrected chi connectivity index (χ4v) is 3.21. The molecule has 9 heteroatoms. The second kappa shape index (κ2) is 10.7. The molecule has 1 aromatic heterocycles. The number of rotatable bonds is 9. The van der Waals surface area contributed by atoms with Crippen molar-refractivity contribution in [3.8, 4) is 5.75 Å². The van der Waals surface area contributed by atoms with E-state index in [9.17, 15) is 9.59 Å². The van der Waals surface area contributed by atoms with E-state index in [1.807, 2.05) is 24.0 Å². The van der Waals surface area contributed by atoms with Crippen molar-refractivity contribution in [3.05, 3.63) is 41.7 Å². The van der Waals surface area contributed by atoms with Gasteiger partial charge in [-0.3, -0.25) is 14.5 Å². The van der Waals surface area contributed by atoms with E-state index < -0.39 is 0 Å². The minimum atomic E-state index is -0.156. The molecule has 3 rings (SSSR count). The molecule has 2 aromatic rings. The molecule has 2 amide bonds. The van der Waals surface area contributed by atoms with Crippen LogP contribution in [0.4, 0.5) is 5.82 Å². The molecule has 0 aliphatic carbocycles. The standard InChI is InChI=1S/C21H28N4O5/c1-3-28-12-13-29-18-7-5-4-6-17(18)21(27)25-10-8-24(9-11-25)15-20(26)22-19-14-16(2)30-23-19/h4-7,14H,3,8-13,15H2,1-2H3,(H,22,23,26). The van der Waals surface area contributed by atoms with Gasteiger partial charge in [0.25, 0.3) is 5.91 Å². The van der Waals surface area contributed by atoms with Gasteiger partial charge in [-0.2, -0.15) is 0 Å². The maximum Gasteiger partial charge on any atom is 0.257 e. The smallest absolute Gasteiger partial charge is 0.257 e. The summed E-state index contributed by atoms with van der Waals surface area (Å²) in [6, 6.07) is 8.92. The lowest BCUT2D eigenvalue weighted by Crippen LogP contribution is -2.50. The Morgan fingerprint density at radius 1 is 1.17 bits per heavy atom. The van der Waals surface area contributed by atoms with E-state index in [1.54, 1.807) is 30.0 Å². The third-order valence-corrected chi connectivity index (χ3v) is 4.73. The van der Waals surface area contributed by atoms with Crippen LogP contribution in [-0.2, 0) is 9.53 Å². The van der Waals surface area contributed by atoms with Gasteiger partial charge in [-0.25, -0.2) is 0 Å². The SMILES string of the molecule is CCOCCOc1ccccc1C(=O)N1CCN(CC(=O)Nc2cc(C)on2)CC1. The first kappa shape index (κ1) is 21.8. The number of piperazine rings is 1. The highest BCUT2D eigenvalue weighted by molar-refractivity contribution is 5.97. The van der Waals surface area contributed by atoms with E-state index in [2.05, 4.69) is 10.5 Å². The van der Waals surface area contributed by atoms with Crippen LogP contribution < -0.4 is 10.1 Å². The van der Waals surface area contributed by atoms with Gasteiger partial charge in [-0.05, 0) is 26.0 Å². The number of ether oxygens (including phenoxy) is 2. The van der Waals surface area contributed by atoms with Crippen LogP contribution in [0.2, 0.25) is 0 Å². The summed E-state index contributed by atoms with van der Waals surface area (Å²) < 4.78 is 16.0. The average Bonchev–Trinajstić information content (AvgIpc) is 3.16. The normalized spacial score (nSPS) is 14.5. The largest absolute Gasteiger partial charge is 0.490 e. The number of hydrogen-bond donors (Lipinski definition) is 1. The number of aromatic nitrogens is 1. The fraction of sp³-hybridized carbons (Fsp3) is 0.476. The van der Waals surface area contributed by atoms with E-state index in [1.165, 1.54) is 0 Å². The van der Waals surface area contributed by atoms with Crippen molar-refractivity contribution in [2.75, 3.05) is 57.9 Å². The topological polar surface area (TPSA) is 97.1 Å². The van der Waals surface area contributed by atoms with Gasteiger partial charge in [-0.1, -0.05) is 17.3 Å². The number of anilines is 1. The molecule has 1 aliphatic rings. The lowest BCUT2D eigenvalue weighted by Gasteiger charge is -2.34. The molecule has 30 heavy (non-hydrogen) atoms. The molecule has 0 bridgehead atoms. The van der Waals surface area contributed by atoms with Crippen LogP contribution in [-0.4, -0.2) is 79.3 Å². The van der Waals surface area contributed by atoms with Crippen LogP contribution in [0.5, 0.6) is 5.75 Å². The minimum Gasteiger partial charge on any atom is -0.490 e. The van der Waals surface area contributed by atoms with Gasteiger partial charge in [-0.15, -0.1) is 0 Å². The molecule has 1 aromatic carbocycles. The molecule has 0 unspecified atom stereocenters. The van der Waals surface area contributed by atoms with Crippen molar-refractivity contribution in [3.63, 3.8) is 0 Å². The van der Waals surface area contributed by atoms with Gasteiger partial charge in [0.05, 0.1) is 18.7 Å².